The molecule has 0 amide bonds. The van der Waals surface area contributed by atoms with E-state index >= 15 is 0 Å². The van der Waals surface area contributed by atoms with Gasteiger partial charge in [-0.05, 0) is 55.7 Å². The van der Waals surface area contributed by atoms with E-state index < -0.39 is 0 Å². The van der Waals surface area contributed by atoms with Crippen molar-refractivity contribution in [3.05, 3.63) is 47.1 Å². The fourth-order valence-corrected chi connectivity index (χ4v) is 2.52. The maximum atomic E-state index is 6.33. The first-order chi connectivity index (χ1) is 10.5. The van der Waals surface area contributed by atoms with E-state index in [0.717, 1.165) is 24.6 Å². The smallest absolute Gasteiger partial charge is 0.350 e. The molecule has 0 spiro atoms. The first-order valence-electron chi connectivity index (χ1n) is 7.47. The Kier molecular flexibility index (Phi) is 5.50. The maximum Gasteiger partial charge on any atom is 0.350 e. The van der Waals surface area contributed by atoms with Crippen LogP contribution in [0.1, 0.15) is 19.4 Å². The van der Waals surface area contributed by atoms with Crippen LogP contribution in [-0.2, 0) is 7.05 Å². The summed E-state index contributed by atoms with van der Waals surface area (Å²) in [5, 5.41) is 9.17. The van der Waals surface area contributed by atoms with Crippen LogP contribution in [-0.4, -0.2) is 13.1 Å². The predicted molar refractivity (Wildman–Crippen MR) is 91.5 cm³/mol. The first-order valence-corrected chi connectivity index (χ1v) is 7.85. The number of hydrogen-bond donors (Lipinski definition) is 0. The monoisotopic (exact) mass is 317 g/mol. The Hall–Kier alpha value is -1.94. The van der Waals surface area contributed by atoms with Crippen molar-refractivity contribution in [2.75, 3.05) is 18.0 Å². The van der Waals surface area contributed by atoms with Crippen LogP contribution < -0.4 is 9.47 Å². The molecule has 1 heterocycles. The van der Waals surface area contributed by atoms with Crippen LogP contribution in [0.4, 0.5) is 17.2 Å². The summed E-state index contributed by atoms with van der Waals surface area (Å²) >= 11 is 6.33. The summed E-state index contributed by atoms with van der Waals surface area (Å²) in [7, 11) is 1.95. The molecular formula is C17H22ClN4+. The van der Waals surface area contributed by atoms with Crippen molar-refractivity contribution in [2.24, 2.45) is 17.3 Å². The number of halogens is 1. The summed E-state index contributed by atoms with van der Waals surface area (Å²) in [4.78, 5) is 2.24. The van der Waals surface area contributed by atoms with E-state index in [2.05, 4.69) is 29.0 Å². The molecule has 0 saturated carbocycles. The highest BCUT2D eigenvalue weighted by Gasteiger charge is 2.09. The number of nitrogens with zero attached hydrogens (tertiary/aromatic N) is 4. The molecular weight excluding hydrogens is 296 g/mol. The van der Waals surface area contributed by atoms with Crippen molar-refractivity contribution in [3.63, 3.8) is 0 Å². The number of azo groups is 1. The molecule has 0 fully saturated rings. The second kappa shape index (κ2) is 7.36. The van der Waals surface area contributed by atoms with Gasteiger partial charge in [0.2, 0.25) is 0 Å². The van der Waals surface area contributed by atoms with E-state index in [1.807, 2.05) is 55.1 Å². The molecule has 0 radical (unpaired) electrons. The standard InChI is InChI=1S/C17H22ClN4/c1-5-22(6-2)14-8-9-16(15(18)11-14)19-20-17-10-7-13(3)12-21(17)4/h7-12H,5-6H2,1-4H3/q+1. The molecule has 0 bridgehead atoms. The zero-order valence-electron chi connectivity index (χ0n) is 13.5. The second-order valence-corrected chi connectivity index (χ2v) is 5.59. The largest absolute Gasteiger partial charge is 0.372 e. The molecule has 5 heteroatoms. The number of rotatable bonds is 5. The van der Waals surface area contributed by atoms with E-state index in [0.29, 0.717) is 10.7 Å². The number of aryl methyl sites for hydroxylation is 2. The van der Waals surface area contributed by atoms with E-state index in [1.54, 1.807) is 0 Å². The van der Waals surface area contributed by atoms with Crippen LogP contribution >= 0.6 is 11.6 Å². The molecule has 2 rings (SSSR count). The van der Waals surface area contributed by atoms with Gasteiger partial charge in [0.25, 0.3) is 0 Å². The number of anilines is 1. The quantitative estimate of drug-likeness (QED) is 0.579. The van der Waals surface area contributed by atoms with Crippen molar-refractivity contribution in [1.29, 1.82) is 0 Å². The third-order valence-corrected chi connectivity index (χ3v) is 3.88. The molecule has 22 heavy (non-hydrogen) atoms. The van der Waals surface area contributed by atoms with Gasteiger partial charge in [0.05, 0.1) is 23.4 Å². The van der Waals surface area contributed by atoms with E-state index in [1.165, 1.54) is 5.56 Å². The minimum Gasteiger partial charge on any atom is -0.372 e. The van der Waals surface area contributed by atoms with Gasteiger partial charge in [-0.3, -0.25) is 0 Å². The minimum atomic E-state index is 0.614. The lowest BCUT2D eigenvalue weighted by molar-refractivity contribution is -0.658. The van der Waals surface area contributed by atoms with Crippen molar-refractivity contribution in [3.8, 4) is 0 Å². The number of pyridine rings is 1. The van der Waals surface area contributed by atoms with Crippen molar-refractivity contribution in [2.45, 2.75) is 20.8 Å². The van der Waals surface area contributed by atoms with Gasteiger partial charge in [-0.2, -0.15) is 0 Å². The molecule has 1 aromatic carbocycles. The average molecular weight is 318 g/mol. The fraction of sp³-hybridized carbons (Fsp3) is 0.353. The van der Waals surface area contributed by atoms with Crippen molar-refractivity contribution < 1.29 is 4.57 Å². The molecule has 0 atom stereocenters. The predicted octanol–water partition coefficient (Wildman–Crippen LogP) is 4.73. The zero-order chi connectivity index (χ0) is 16.1. The lowest BCUT2D eigenvalue weighted by Crippen LogP contribution is -2.27. The third-order valence-electron chi connectivity index (χ3n) is 3.57. The highest BCUT2D eigenvalue weighted by atomic mass is 35.5. The van der Waals surface area contributed by atoms with Crippen LogP contribution in [0.5, 0.6) is 0 Å². The van der Waals surface area contributed by atoms with Gasteiger partial charge in [-0.25, -0.2) is 4.57 Å². The third kappa shape index (κ3) is 3.83. The van der Waals surface area contributed by atoms with Crippen LogP contribution in [0.25, 0.3) is 0 Å². The Labute approximate surface area is 137 Å². The van der Waals surface area contributed by atoms with Gasteiger partial charge in [0, 0.05) is 24.8 Å². The number of aromatic nitrogens is 1. The van der Waals surface area contributed by atoms with Gasteiger partial charge in [0.1, 0.15) is 5.69 Å². The molecule has 2 aromatic rings. The molecule has 1 aromatic heterocycles. The molecule has 0 aliphatic heterocycles. The maximum absolute atomic E-state index is 6.33. The van der Waals surface area contributed by atoms with Gasteiger partial charge in [0.15, 0.2) is 0 Å². The van der Waals surface area contributed by atoms with Gasteiger partial charge in [-0.15, -0.1) is 0 Å². The molecule has 4 nitrogen and oxygen atoms in total. The van der Waals surface area contributed by atoms with E-state index in [4.69, 9.17) is 11.6 Å². The van der Waals surface area contributed by atoms with Crippen LogP contribution in [0.2, 0.25) is 5.02 Å². The lowest BCUT2D eigenvalue weighted by atomic mass is 10.2. The Bertz CT molecular complexity index is 678. The molecule has 0 saturated heterocycles. The number of benzene rings is 1. The van der Waals surface area contributed by atoms with Crippen LogP contribution in [0.3, 0.4) is 0 Å². The Morgan fingerprint density at radius 1 is 1.09 bits per heavy atom. The molecule has 0 unspecified atom stereocenters. The number of hydrogen-bond acceptors (Lipinski definition) is 3. The molecule has 0 aliphatic carbocycles. The second-order valence-electron chi connectivity index (χ2n) is 5.18. The van der Waals surface area contributed by atoms with Gasteiger partial charge in [-0.1, -0.05) is 11.6 Å². The summed E-state index contributed by atoms with van der Waals surface area (Å²) < 4.78 is 1.94. The SMILES string of the molecule is CCN(CC)c1ccc(/N=N/c2ccc(C)c[n+]2C)c(Cl)c1. The zero-order valence-corrected chi connectivity index (χ0v) is 14.3. The fourth-order valence-electron chi connectivity index (χ4n) is 2.31. The molecule has 0 aliphatic rings. The van der Waals surface area contributed by atoms with E-state index in [-0.39, 0.29) is 0 Å². The highest BCUT2D eigenvalue weighted by molar-refractivity contribution is 6.33. The Morgan fingerprint density at radius 2 is 1.82 bits per heavy atom. The average Bonchev–Trinajstić information content (AvgIpc) is 2.49. The lowest BCUT2D eigenvalue weighted by Gasteiger charge is -2.21. The molecule has 0 N–H and O–H groups in total. The summed E-state index contributed by atoms with van der Waals surface area (Å²) in [5.41, 5.74) is 2.97. The summed E-state index contributed by atoms with van der Waals surface area (Å²) in [6.07, 6.45) is 2.01. The van der Waals surface area contributed by atoms with Crippen LogP contribution in [0, 0.1) is 6.92 Å². The highest BCUT2D eigenvalue weighted by Crippen LogP contribution is 2.30. The topological polar surface area (TPSA) is 31.8 Å². The normalized spacial score (nSPS) is 11.1. The van der Waals surface area contributed by atoms with Gasteiger partial charge >= 0.3 is 5.82 Å². The summed E-state index contributed by atoms with van der Waals surface area (Å²) in [6, 6.07) is 9.84. The first kappa shape index (κ1) is 16.4. The van der Waals surface area contributed by atoms with Crippen LogP contribution in [0.15, 0.2) is 46.8 Å². The van der Waals surface area contributed by atoms with Crippen molar-refractivity contribution >= 4 is 28.8 Å². The van der Waals surface area contributed by atoms with Gasteiger partial charge < -0.3 is 4.90 Å². The Balaban J connectivity index is 2.24. The molecule has 116 valence electrons. The van der Waals surface area contributed by atoms with Crippen molar-refractivity contribution in [1.82, 2.24) is 0 Å². The summed E-state index contributed by atoms with van der Waals surface area (Å²) in [5.74, 6) is 0.787. The summed E-state index contributed by atoms with van der Waals surface area (Å²) in [6.45, 7) is 8.20. The van der Waals surface area contributed by atoms with E-state index in [9.17, 15) is 0 Å². The minimum absolute atomic E-state index is 0.614. The Morgan fingerprint density at radius 3 is 2.41 bits per heavy atom.